The largest absolute Gasteiger partial charge is 0.456 e. The zero-order valence-corrected chi connectivity index (χ0v) is 29.5. The number of hydrogen-bond donors (Lipinski definition) is 0. The van der Waals surface area contributed by atoms with Crippen LogP contribution in [-0.4, -0.2) is 0 Å². The highest BCUT2D eigenvalue weighted by Gasteiger charge is 2.25. The summed E-state index contributed by atoms with van der Waals surface area (Å²) in [5.74, 6) is 2.95. The van der Waals surface area contributed by atoms with Crippen LogP contribution in [0.3, 0.4) is 0 Å². The van der Waals surface area contributed by atoms with E-state index in [2.05, 4.69) is 158 Å². The molecule has 2 heterocycles. The zero-order valence-electron chi connectivity index (χ0n) is 29.5. The minimum atomic E-state index is 0.711. The summed E-state index contributed by atoms with van der Waals surface area (Å²) in [5, 5.41) is 11.5. The third kappa shape index (κ3) is 4.50. The molecule has 0 radical (unpaired) electrons. The standard InChI is InChI=1S/C52H30O3/c1-7-18-43-35(11-1)36-12-2-8-19-44(36)52-51(43)54-46-28-26-33(29-48(46)55-52)31-21-23-32(24-22-31)49-39-14-3-5-16-41(39)50(42-17-6-4-15-40(42)49)34-25-27-38-37-13-9-10-20-45(37)53-47(38)30-34/h1-30H. The Morgan fingerprint density at radius 3 is 1.31 bits per heavy atom. The summed E-state index contributed by atoms with van der Waals surface area (Å²) >= 11 is 0. The van der Waals surface area contributed by atoms with Gasteiger partial charge in [0.25, 0.3) is 0 Å². The van der Waals surface area contributed by atoms with E-state index >= 15 is 0 Å². The molecular formula is C52H30O3. The van der Waals surface area contributed by atoms with Gasteiger partial charge < -0.3 is 13.9 Å². The molecule has 1 aromatic heterocycles. The number of hydrogen-bond acceptors (Lipinski definition) is 3. The molecule has 10 aromatic carbocycles. The number of fused-ring (bicyclic) bond motifs is 12. The molecule has 1 aliphatic heterocycles. The van der Waals surface area contributed by atoms with E-state index in [1.54, 1.807) is 0 Å². The molecule has 0 N–H and O–H groups in total. The molecule has 0 fully saturated rings. The van der Waals surface area contributed by atoms with E-state index in [4.69, 9.17) is 13.9 Å². The predicted molar refractivity (Wildman–Crippen MR) is 227 cm³/mol. The van der Waals surface area contributed by atoms with Crippen molar-refractivity contribution < 1.29 is 13.9 Å². The van der Waals surface area contributed by atoms with Gasteiger partial charge in [0.2, 0.25) is 0 Å². The number of para-hydroxylation sites is 1. The van der Waals surface area contributed by atoms with E-state index in [1.807, 2.05) is 24.3 Å². The van der Waals surface area contributed by atoms with Crippen LogP contribution in [0, 0.1) is 0 Å². The highest BCUT2D eigenvalue weighted by atomic mass is 16.6. The maximum atomic E-state index is 6.71. The lowest BCUT2D eigenvalue weighted by Crippen LogP contribution is -2.01. The van der Waals surface area contributed by atoms with Crippen molar-refractivity contribution in [3.8, 4) is 56.4 Å². The summed E-state index contributed by atoms with van der Waals surface area (Å²) in [5.41, 5.74) is 8.73. The van der Waals surface area contributed by atoms with Crippen LogP contribution in [0.1, 0.15) is 0 Å². The second-order valence-corrected chi connectivity index (χ2v) is 14.3. The summed E-state index contributed by atoms with van der Waals surface area (Å²) < 4.78 is 19.6. The lowest BCUT2D eigenvalue weighted by molar-refractivity contribution is 0.367. The van der Waals surface area contributed by atoms with Gasteiger partial charge >= 0.3 is 0 Å². The van der Waals surface area contributed by atoms with Crippen LogP contribution >= 0.6 is 0 Å². The summed E-state index contributed by atoms with van der Waals surface area (Å²) in [6, 6.07) is 64.3. The highest BCUT2D eigenvalue weighted by molar-refractivity contribution is 6.22. The van der Waals surface area contributed by atoms with Crippen molar-refractivity contribution in [2.24, 2.45) is 0 Å². The first-order valence-electron chi connectivity index (χ1n) is 18.7. The summed E-state index contributed by atoms with van der Waals surface area (Å²) in [7, 11) is 0. The molecule has 0 aliphatic carbocycles. The van der Waals surface area contributed by atoms with Crippen LogP contribution in [0.4, 0.5) is 0 Å². The topological polar surface area (TPSA) is 31.6 Å². The van der Waals surface area contributed by atoms with Crippen LogP contribution in [0.25, 0.3) is 98.4 Å². The van der Waals surface area contributed by atoms with Gasteiger partial charge in [-0.2, -0.15) is 0 Å². The van der Waals surface area contributed by atoms with Gasteiger partial charge in [-0.15, -0.1) is 0 Å². The summed E-state index contributed by atoms with van der Waals surface area (Å²) in [6.45, 7) is 0. The normalized spacial score (nSPS) is 12.3. The fourth-order valence-corrected chi connectivity index (χ4v) is 8.81. The van der Waals surface area contributed by atoms with Gasteiger partial charge in [0.1, 0.15) is 11.2 Å². The Morgan fingerprint density at radius 1 is 0.255 bits per heavy atom. The van der Waals surface area contributed by atoms with Gasteiger partial charge in [-0.1, -0.05) is 152 Å². The lowest BCUT2D eigenvalue weighted by atomic mass is 9.85. The Balaban J connectivity index is 0.957. The summed E-state index contributed by atoms with van der Waals surface area (Å²) in [4.78, 5) is 0. The minimum absolute atomic E-state index is 0.711. The van der Waals surface area contributed by atoms with Gasteiger partial charge in [0.15, 0.2) is 23.0 Å². The fraction of sp³-hybridized carbons (Fsp3) is 0. The highest BCUT2D eigenvalue weighted by Crippen LogP contribution is 2.53. The van der Waals surface area contributed by atoms with Crippen LogP contribution in [0.5, 0.6) is 23.0 Å². The Bertz CT molecular complexity index is 3310. The molecule has 256 valence electrons. The van der Waals surface area contributed by atoms with E-state index in [1.165, 1.54) is 38.2 Å². The van der Waals surface area contributed by atoms with Crippen molar-refractivity contribution in [1.82, 2.24) is 0 Å². The van der Waals surface area contributed by atoms with Gasteiger partial charge in [0.05, 0.1) is 0 Å². The molecule has 0 spiro atoms. The minimum Gasteiger partial charge on any atom is -0.456 e. The zero-order chi connectivity index (χ0) is 36.0. The van der Waals surface area contributed by atoms with Gasteiger partial charge in [-0.3, -0.25) is 0 Å². The molecule has 55 heavy (non-hydrogen) atoms. The Kier molecular flexibility index (Phi) is 6.34. The number of furan rings is 1. The molecule has 3 nitrogen and oxygen atoms in total. The molecular weight excluding hydrogens is 673 g/mol. The average molecular weight is 703 g/mol. The molecule has 0 saturated carbocycles. The molecule has 0 amide bonds. The van der Waals surface area contributed by atoms with E-state index in [-0.39, 0.29) is 0 Å². The molecule has 3 heteroatoms. The average Bonchev–Trinajstić information content (AvgIpc) is 3.63. The van der Waals surface area contributed by atoms with E-state index in [9.17, 15) is 0 Å². The molecule has 0 atom stereocenters. The molecule has 11 aromatic rings. The van der Waals surface area contributed by atoms with Crippen molar-refractivity contribution in [3.05, 3.63) is 182 Å². The van der Waals surface area contributed by atoms with E-state index in [0.29, 0.717) is 11.5 Å². The van der Waals surface area contributed by atoms with Crippen LogP contribution in [0.2, 0.25) is 0 Å². The van der Waals surface area contributed by atoms with E-state index < -0.39 is 0 Å². The molecule has 0 unspecified atom stereocenters. The van der Waals surface area contributed by atoms with Crippen LogP contribution in [-0.2, 0) is 0 Å². The maximum Gasteiger partial charge on any atom is 0.178 e. The lowest BCUT2D eigenvalue weighted by Gasteiger charge is -2.24. The van der Waals surface area contributed by atoms with Crippen molar-refractivity contribution in [3.63, 3.8) is 0 Å². The number of ether oxygens (including phenoxy) is 2. The molecule has 1 aliphatic rings. The second kappa shape index (κ2) is 11.6. The second-order valence-electron chi connectivity index (χ2n) is 14.3. The molecule has 0 bridgehead atoms. The van der Waals surface area contributed by atoms with E-state index in [0.717, 1.165) is 71.7 Å². The van der Waals surface area contributed by atoms with Crippen LogP contribution < -0.4 is 9.47 Å². The van der Waals surface area contributed by atoms with Crippen molar-refractivity contribution in [2.75, 3.05) is 0 Å². The van der Waals surface area contributed by atoms with Gasteiger partial charge in [-0.25, -0.2) is 0 Å². The Morgan fingerprint density at radius 2 is 0.691 bits per heavy atom. The van der Waals surface area contributed by atoms with Crippen molar-refractivity contribution in [1.29, 1.82) is 0 Å². The third-order valence-corrected chi connectivity index (χ3v) is 11.3. The first kappa shape index (κ1) is 30.1. The predicted octanol–water partition coefficient (Wildman–Crippen LogP) is 15.1. The maximum absolute atomic E-state index is 6.71. The van der Waals surface area contributed by atoms with Crippen molar-refractivity contribution >= 4 is 65.0 Å². The first-order valence-corrected chi connectivity index (χ1v) is 18.7. The SMILES string of the molecule is c1ccc2c(c1)oc1cc(-c3c4ccccc4c(-c4ccc(-c5ccc6c(c5)Oc5c(c7ccccc7c7ccccc57)O6)cc4)c4ccccc34)ccc12. The molecule has 12 rings (SSSR count). The quantitative estimate of drug-likeness (QED) is 0.136. The third-order valence-electron chi connectivity index (χ3n) is 11.3. The Hall–Kier alpha value is -7.36. The van der Waals surface area contributed by atoms with Gasteiger partial charge in [-0.05, 0) is 96.0 Å². The van der Waals surface area contributed by atoms with Gasteiger partial charge in [0, 0.05) is 21.5 Å². The number of benzene rings is 10. The monoisotopic (exact) mass is 702 g/mol. The first-order chi connectivity index (χ1) is 27.3. The summed E-state index contributed by atoms with van der Waals surface area (Å²) in [6.07, 6.45) is 0. The van der Waals surface area contributed by atoms with Crippen molar-refractivity contribution in [2.45, 2.75) is 0 Å². The Labute approximate surface area is 316 Å². The smallest absolute Gasteiger partial charge is 0.178 e. The fourth-order valence-electron chi connectivity index (χ4n) is 8.81. The molecule has 0 saturated heterocycles. The number of rotatable bonds is 3. The van der Waals surface area contributed by atoms with Crippen LogP contribution in [0.15, 0.2) is 186 Å².